The van der Waals surface area contributed by atoms with Crippen LogP contribution in [-0.2, 0) is 9.53 Å². The summed E-state index contributed by atoms with van der Waals surface area (Å²) < 4.78 is 4.57. The molecule has 60 valence electrons. The van der Waals surface area contributed by atoms with Crippen molar-refractivity contribution >= 4 is 5.78 Å². The number of methoxy groups -OCH3 is 1. The van der Waals surface area contributed by atoms with E-state index in [1.54, 1.807) is 13.8 Å². The van der Waals surface area contributed by atoms with Gasteiger partial charge in [-0.3, -0.25) is 4.79 Å². The first-order valence-corrected chi connectivity index (χ1v) is 3.29. The van der Waals surface area contributed by atoms with Crippen molar-refractivity contribution in [3.05, 3.63) is 0 Å². The van der Waals surface area contributed by atoms with Crippen molar-refractivity contribution in [2.45, 2.75) is 20.0 Å². The van der Waals surface area contributed by atoms with Crippen molar-refractivity contribution in [2.75, 3.05) is 13.7 Å². The molecule has 3 heteroatoms. The fraction of sp³-hybridized carbons (Fsp3) is 0.857. The third-order valence-electron chi connectivity index (χ3n) is 1.25. The zero-order valence-electron chi connectivity index (χ0n) is 6.63. The molecule has 1 N–H and O–H groups in total. The fourth-order valence-electron chi connectivity index (χ4n) is 0.599. The van der Waals surface area contributed by atoms with Gasteiger partial charge in [0.05, 0.1) is 0 Å². The molecule has 0 aromatic rings. The van der Waals surface area contributed by atoms with Crippen LogP contribution >= 0.6 is 0 Å². The summed E-state index contributed by atoms with van der Waals surface area (Å²) in [4.78, 5) is 10.8. The Hall–Kier alpha value is -0.410. The van der Waals surface area contributed by atoms with Crippen molar-refractivity contribution in [1.29, 1.82) is 0 Å². The van der Waals surface area contributed by atoms with E-state index >= 15 is 0 Å². The Balaban J connectivity index is 3.71. The lowest BCUT2D eigenvalue weighted by Gasteiger charge is -2.11. The first kappa shape index (κ1) is 9.59. The standard InChI is InChI=1S/C7H14O3/c1-5(2)7(9)6(8)4-10-3/h5,7,9H,4H2,1-3H3. The molecular weight excluding hydrogens is 132 g/mol. The van der Waals surface area contributed by atoms with Gasteiger partial charge in [0.2, 0.25) is 0 Å². The van der Waals surface area contributed by atoms with E-state index in [0.29, 0.717) is 0 Å². The molecule has 0 bridgehead atoms. The minimum absolute atomic E-state index is 0.000648. The second-order valence-corrected chi connectivity index (χ2v) is 2.59. The first-order chi connectivity index (χ1) is 4.59. The highest BCUT2D eigenvalue weighted by Crippen LogP contribution is 2.01. The van der Waals surface area contributed by atoms with Crippen LogP contribution in [0.5, 0.6) is 0 Å². The zero-order valence-corrected chi connectivity index (χ0v) is 6.63. The van der Waals surface area contributed by atoms with Gasteiger partial charge in [-0.15, -0.1) is 0 Å². The molecule has 0 aliphatic heterocycles. The van der Waals surface area contributed by atoms with Crippen LogP contribution in [0.1, 0.15) is 13.8 Å². The molecule has 0 rings (SSSR count). The van der Waals surface area contributed by atoms with Crippen LogP contribution in [0.3, 0.4) is 0 Å². The monoisotopic (exact) mass is 146 g/mol. The molecule has 0 radical (unpaired) electrons. The van der Waals surface area contributed by atoms with Crippen molar-refractivity contribution < 1.29 is 14.6 Å². The maximum atomic E-state index is 10.8. The molecule has 0 spiro atoms. The summed E-state index contributed by atoms with van der Waals surface area (Å²) in [5, 5.41) is 9.10. The molecule has 10 heavy (non-hydrogen) atoms. The number of carbonyl (C=O) groups excluding carboxylic acids is 1. The topological polar surface area (TPSA) is 46.5 Å². The highest BCUT2D eigenvalue weighted by atomic mass is 16.5. The highest BCUT2D eigenvalue weighted by molar-refractivity contribution is 5.84. The molecule has 0 aliphatic carbocycles. The fourth-order valence-corrected chi connectivity index (χ4v) is 0.599. The number of Topliss-reactive ketones (excluding diaryl/α,β-unsaturated/α-hetero) is 1. The van der Waals surface area contributed by atoms with Crippen LogP contribution in [-0.4, -0.2) is 30.7 Å². The van der Waals surface area contributed by atoms with Gasteiger partial charge >= 0.3 is 0 Å². The lowest BCUT2D eigenvalue weighted by Crippen LogP contribution is -2.29. The van der Waals surface area contributed by atoms with E-state index in [1.807, 2.05) is 0 Å². The van der Waals surface area contributed by atoms with Crippen LogP contribution in [0.15, 0.2) is 0 Å². The third kappa shape index (κ3) is 2.94. The van der Waals surface area contributed by atoms with Crippen LogP contribution in [0.25, 0.3) is 0 Å². The molecule has 3 nitrogen and oxygen atoms in total. The largest absolute Gasteiger partial charge is 0.385 e. The van der Waals surface area contributed by atoms with Gasteiger partial charge in [0.25, 0.3) is 0 Å². The normalized spacial score (nSPS) is 13.7. The van der Waals surface area contributed by atoms with Crippen LogP contribution in [0.2, 0.25) is 0 Å². The van der Waals surface area contributed by atoms with Gasteiger partial charge in [0, 0.05) is 7.11 Å². The van der Waals surface area contributed by atoms with E-state index in [0.717, 1.165) is 0 Å². The van der Waals surface area contributed by atoms with Crippen molar-refractivity contribution in [1.82, 2.24) is 0 Å². The quantitative estimate of drug-likeness (QED) is 0.617. The SMILES string of the molecule is COCC(=O)C(O)C(C)C. The van der Waals surface area contributed by atoms with Gasteiger partial charge in [-0.25, -0.2) is 0 Å². The molecule has 0 heterocycles. The summed E-state index contributed by atoms with van der Waals surface area (Å²) in [6.45, 7) is 3.58. The van der Waals surface area contributed by atoms with Gasteiger partial charge < -0.3 is 9.84 Å². The Kier molecular flexibility index (Phi) is 4.23. The minimum atomic E-state index is -0.875. The Morgan fingerprint density at radius 2 is 2.10 bits per heavy atom. The number of carbonyl (C=O) groups is 1. The zero-order chi connectivity index (χ0) is 8.15. The van der Waals surface area contributed by atoms with Crippen molar-refractivity contribution in [3.63, 3.8) is 0 Å². The van der Waals surface area contributed by atoms with E-state index in [4.69, 9.17) is 5.11 Å². The van der Waals surface area contributed by atoms with Gasteiger partial charge in [0.15, 0.2) is 5.78 Å². The number of ketones is 1. The van der Waals surface area contributed by atoms with Crippen molar-refractivity contribution in [3.8, 4) is 0 Å². The van der Waals surface area contributed by atoms with Crippen LogP contribution < -0.4 is 0 Å². The molecule has 0 aromatic heterocycles. The molecule has 1 atom stereocenters. The maximum Gasteiger partial charge on any atom is 0.187 e. The number of aliphatic hydroxyl groups is 1. The van der Waals surface area contributed by atoms with Crippen molar-refractivity contribution in [2.24, 2.45) is 5.92 Å². The summed E-state index contributed by atoms with van der Waals surface area (Å²) in [5.74, 6) is -0.278. The average molecular weight is 146 g/mol. The van der Waals surface area contributed by atoms with E-state index in [1.165, 1.54) is 7.11 Å². The lowest BCUT2D eigenvalue weighted by molar-refractivity contribution is -0.132. The Morgan fingerprint density at radius 3 is 2.40 bits per heavy atom. The van der Waals surface area contributed by atoms with Gasteiger partial charge in [-0.2, -0.15) is 0 Å². The highest BCUT2D eigenvalue weighted by Gasteiger charge is 2.17. The van der Waals surface area contributed by atoms with E-state index in [2.05, 4.69) is 4.74 Å². The van der Waals surface area contributed by atoms with Gasteiger partial charge in [-0.05, 0) is 5.92 Å². The molecule has 0 amide bonds. The second-order valence-electron chi connectivity index (χ2n) is 2.59. The summed E-state index contributed by atoms with van der Waals surface area (Å²) in [7, 11) is 1.44. The van der Waals surface area contributed by atoms with Gasteiger partial charge in [-0.1, -0.05) is 13.8 Å². The van der Waals surface area contributed by atoms with E-state index in [9.17, 15) is 4.79 Å². The summed E-state index contributed by atoms with van der Waals surface area (Å²) in [6, 6.07) is 0. The molecule has 0 aromatic carbocycles. The third-order valence-corrected chi connectivity index (χ3v) is 1.25. The Morgan fingerprint density at radius 1 is 1.60 bits per heavy atom. The number of rotatable bonds is 4. The predicted octanol–water partition coefficient (Wildman–Crippen LogP) is 0.219. The number of hydrogen-bond acceptors (Lipinski definition) is 3. The summed E-state index contributed by atoms with van der Waals surface area (Å²) >= 11 is 0. The smallest absolute Gasteiger partial charge is 0.187 e. The molecule has 0 saturated carbocycles. The number of aliphatic hydroxyl groups excluding tert-OH is 1. The Labute approximate surface area is 61.0 Å². The summed E-state index contributed by atoms with van der Waals surface area (Å²) in [6.07, 6.45) is -0.875. The molecule has 0 saturated heterocycles. The second kappa shape index (κ2) is 4.41. The lowest BCUT2D eigenvalue weighted by atomic mass is 10.0. The van der Waals surface area contributed by atoms with E-state index < -0.39 is 6.10 Å². The predicted molar refractivity (Wildman–Crippen MR) is 37.7 cm³/mol. The molecule has 1 unspecified atom stereocenters. The summed E-state index contributed by atoms with van der Waals surface area (Å²) in [5.41, 5.74) is 0. The molecule has 0 fully saturated rings. The molecule has 0 aliphatic rings. The first-order valence-electron chi connectivity index (χ1n) is 3.29. The van der Waals surface area contributed by atoms with Crippen LogP contribution in [0, 0.1) is 5.92 Å². The number of hydrogen-bond donors (Lipinski definition) is 1. The maximum absolute atomic E-state index is 10.8. The minimum Gasteiger partial charge on any atom is -0.385 e. The van der Waals surface area contributed by atoms with Crippen LogP contribution in [0.4, 0.5) is 0 Å². The van der Waals surface area contributed by atoms with E-state index in [-0.39, 0.29) is 18.3 Å². The number of ether oxygens (including phenoxy) is 1. The van der Waals surface area contributed by atoms with Gasteiger partial charge in [0.1, 0.15) is 12.7 Å². The molecular formula is C7H14O3. The Bertz CT molecular complexity index is 109. The average Bonchev–Trinajstić information content (AvgIpc) is 1.87.